The fraction of sp³-hybridized carbons (Fsp3) is 0.654. The molecule has 0 aromatic heterocycles. The third-order valence-corrected chi connectivity index (χ3v) is 12.8. The van der Waals surface area contributed by atoms with Crippen molar-refractivity contribution in [1.29, 1.82) is 0 Å². The summed E-state index contributed by atoms with van der Waals surface area (Å²) in [6.07, 6.45) is 6.85. The Balaban J connectivity index is 1.51. The normalized spacial score (nSPS) is 30.0. The van der Waals surface area contributed by atoms with Crippen molar-refractivity contribution in [1.82, 2.24) is 0 Å². The molecule has 0 unspecified atom stereocenters. The Bertz CT molecular complexity index is 860. The smallest absolute Gasteiger partial charge is 0.191 e. The van der Waals surface area contributed by atoms with E-state index in [1.807, 2.05) is 6.08 Å². The third kappa shape index (κ3) is 4.35. The molecule has 4 atom stereocenters. The lowest BCUT2D eigenvalue weighted by molar-refractivity contribution is -0.118. The first kappa shape index (κ1) is 23.7. The van der Waals surface area contributed by atoms with Gasteiger partial charge in [0.05, 0.1) is 5.60 Å². The second-order valence-electron chi connectivity index (χ2n) is 11.2. The fourth-order valence-electron chi connectivity index (χ4n) is 5.29. The molecule has 2 fully saturated rings. The van der Waals surface area contributed by atoms with Gasteiger partial charge in [0, 0.05) is 50.1 Å². The first-order chi connectivity index (χ1) is 15.1. The van der Waals surface area contributed by atoms with E-state index in [1.54, 1.807) is 6.08 Å². The van der Waals surface area contributed by atoms with Crippen molar-refractivity contribution in [3.63, 3.8) is 0 Å². The Morgan fingerprint density at radius 3 is 2.62 bits per heavy atom. The predicted octanol–water partition coefficient (Wildman–Crippen LogP) is 4.70. The Morgan fingerprint density at radius 1 is 1.25 bits per heavy atom. The molecule has 3 aliphatic rings. The molecule has 2 saturated heterocycles. The number of anilines is 1. The standard InChI is InChI=1S/C26H39NO4Si/c1-25(2,3)32(4,5)30-17-14-26-13-10-21(29)18-23(26)22-11-15-27(24(22)31-26)20-8-6-19(7-9-20)12-16-28/h6-10,13,22-24,28H,11-12,14-18H2,1-5H3/t22-,23+,24+,26-/m0/s1. The van der Waals surface area contributed by atoms with Crippen LogP contribution in [-0.4, -0.2) is 50.8 Å². The molecule has 1 aromatic carbocycles. The van der Waals surface area contributed by atoms with Crippen LogP contribution >= 0.6 is 0 Å². The van der Waals surface area contributed by atoms with Crippen molar-refractivity contribution in [3.05, 3.63) is 42.0 Å². The van der Waals surface area contributed by atoms with E-state index in [9.17, 15) is 9.90 Å². The predicted molar refractivity (Wildman–Crippen MR) is 130 cm³/mol. The topological polar surface area (TPSA) is 59.0 Å². The van der Waals surface area contributed by atoms with Crippen LogP contribution in [0.1, 0.15) is 45.6 Å². The van der Waals surface area contributed by atoms with Crippen LogP contribution < -0.4 is 4.90 Å². The molecule has 32 heavy (non-hydrogen) atoms. The number of aliphatic hydroxyl groups is 1. The van der Waals surface area contributed by atoms with E-state index in [0.29, 0.717) is 25.4 Å². The van der Waals surface area contributed by atoms with Crippen LogP contribution in [0.4, 0.5) is 5.69 Å². The molecule has 0 radical (unpaired) electrons. The highest BCUT2D eigenvalue weighted by Crippen LogP contribution is 2.53. The van der Waals surface area contributed by atoms with Crippen LogP contribution in [0.25, 0.3) is 0 Å². The van der Waals surface area contributed by atoms with Gasteiger partial charge in [0.2, 0.25) is 0 Å². The van der Waals surface area contributed by atoms with Gasteiger partial charge < -0.3 is 19.2 Å². The monoisotopic (exact) mass is 457 g/mol. The summed E-state index contributed by atoms with van der Waals surface area (Å²) in [5.74, 6) is 0.785. The molecular formula is C26H39NO4Si. The molecule has 6 heteroatoms. The van der Waals surface area contributed by atoms with Gasteiger partial charge in [-0.05, 0) is 60.8 Å². The minimum Gasteiger partial charge on any atom is -0.417 e. The van der Waals surface area contributed by atoms with E-state index >= 15 is 0 Å². The number of nitrogens with zero attached hydrogens (tertiary/aromatic N) is 1. The minimum absolute atomic E-state index is 0.00730. The maximum absolute atomic E-state index is 12.4. The van der Waals surface area contributed by atoms with Gasteiger partial charge in [0.25, 0.3) is 0 Å². The van der Waals surface area contributed by atoms with Crippen molar-refractivity contribution < 1.29 is 19.1 Å². The number of ether oxygens (including phenoxy) is 1. The average molecular weight is 458 g/mol. The van der Waals surface area contributed by atoms with E-state index in [4.69, 9.17) is 9.16 Å². The summed E-state index contributed by atoms with van der Waals surface area (Å²) >= 11 is 0. The van der Waals surface area contributed by atoms with Gasteiger partial charge in [-0.1, -0.05) is 32.9 Å². The summed E-state index contributed by atoms with van der Waals surface area (Å²) in [5.41, 5.74) is 1.88. The van der Waals surface area contributed by atoms with Gasteiger partial charge in [0.15, 0.2) is 14.1 Å². The Morgan fingerprint density at radius 2 is 1.97 bits per heavy atom. The number of carbonyl (C=O) groups excluding carboxylic acids is 1. The summed E-state index contributed by atoms with van der Waals surface area (Å²) < 4.78 is 13.4. The Labute approximate surface area is 193 Å². The number of benzene rings is 1. The molecule has 0 amide bonds. The zero-order valence-electron chi connectivity index (χ0n) is 20.3. The minimum atomic E-state index is -1.83. The van der Waals surface area contributed by atoms with Gasteiger partial charge >= 0.3 is 0 Å². The maximum Gasteiger partial charge on any atom is 0.191 e. The summed E-state index contributed by atoms with van der Waals surface area (Å²) in [6, 6.07) is 8.44. The quantitative estimate of drug-likeness (QED) is 0.602. The molecule has 1 aromatic rings. The van der Waals surface area contributed by atoms with Crippen LogP contribution in [0, 0.1) is 11.8 Å². The molecular weight excluding hydrogens is 418 g/mol. The molecule has 1 aliphatic carbocycles. The number of aliphatic hydroxyl groups excluding tert-OH is 1. The first-order valence-corrected chi connectivity index (χ1v) is 15.0. The number of fused-ring (bicyclic) bond motifs is 3. The van der Waals surface area contributed by atoms with Crippen LogP contribution in [0.3, 0.4) is 0 Å². The Hall–Kier alpha value is -1.47. The summed E-state index contributed by atoms with van der Waals surface area (Å²) in [7, 11) is -1.83. The van der Waals surface area contributed by atoms with Gasteiger partial charge in [-0.15, -0.1) is 0 Å². The van der Waals surface area contributed by atoms with Gasteiger partial charge in [-0.3, -0.25) is 4.79 Å². The summed E-state index contributed by atoms with van der Waals surface area (Å²) in [6.45, 7) is 13.1. The van der Waals surface area contributed by atoms with Crippen molar-refractivity contribution in [2.24, 2.45) is 11.8 Å². The summed E-state index contributed by atoms with van der Waals surface area (Å²) in [4.78, 5) is 14.7. The lowest BCUT2D eigenvalue weighted by atomic mass is 9.72. The molecule has 0 saturated carbocycles. The van der Waals surface area contributed by atoms with E-state index in [-0.39, 0.29) is 29.6 Å². The van der Waals surface area contributed by atoms with Crippen LogP contribution in [0.2, 0.25) is 18.1 Å². The second kappa shape index (κ2) is 8.71. The van der Waals surface area contributed by atoms with Gasteiger partial charge in [-0.2, -0.15) is 0 Å². The highest BCUT2D eigenvalue weighted by molar-refractivity contribution is 6.74. The highest BCUT2D eigenvalue weighted by Gasteiger charge is 2.58. The average Bonchev–Trinajstić information content (AvgIpc) is 3.25. The molecule has 5 nitrogen and oxygen atoms in total. The van der Waals surface area contributed by atoms with Crippen molar-refractivity contribution >= 4 is 19.8 Å². The zero-order chi connectivity index (χ0) is 23.1. The van der Waals surface area contributed by atoms with E-state index in [1.165, 1.54) is 0 Å². The van der Waals surface area contributed by atoms with Gasteiger partial charge in [-0.25, -0.2) is 0 Å². The third-order valence-electron chi connectivity index (χ3n) is 8.26. The number of carbonyl (C=O) groups is 1. The van der Waals surface area contributed by atoms with E-state index < -0.39 is 13.9 Å². The SMILES string of the molecule is CC(C)(C)[Si](C)(C)OCC[C@@]12C=CC(=O)C[C@@H]1[C@@H]1CCN(c3ccc(CCO)cc3)[C@@H]1O2. The van der Waals surface area contributed by atoms with Crippen molar-refractivity contribution in [2.75, 3.05) is 24.7 Å². The first-order valence-electron chi connectivity index (χ1n) is 12.1. The zero-order valence-corrected chi connectivity index (χ0v) is 21.3. The molecule has 1 N–H and O–H groups in total. The number of rotatable bonds is 7. The summed E-state index contributed by atoms with van der Waals surface area (Å²) in [5, 5.41) is 9.36. The molecule has 0 bridgehead atoms. The van der Waals surface area contributed by atoms with Crippen LogP contribution in [0.5, 0.6) is 0 Å². The van der Waals surface area contributed by atoms with Crippen molar-refractivity contribution in [2.45, 2.75) is 76.4 Å². The highest BCUT2D eigenvalue weighted by atomic mass is 28.4. The van der Waals surface area contributed by atoms with Crippen LogP contribution in [-0.2, 0) is 20.4 Å². The largest absolute Gasteiger partial charge is 0.417 e. The second-order valence-corrected chi connectivity index (χ2v) is 16.0. The van der Waals surface area contributed by atoms with Gasteiger partial charge in [0.1, 0.15) is 6.23 Å². The molecule has 176 valence electrons. The van der Waals surface area contributed by atoms with E-state index in [2.05, 4.69) is 63.0 Å². The molecule has 2 aliphatic heterocycles. The maximum atomic E-state index is 12.4. The number of hydrogen-bond acceptors (Lipinski definition) is 5. The number of hydrogen-bond donors (Lipinski definition) is 1. The Kier molecular flexibility index (Phi) is 6.44. The molecule has 4 rings (SSSR count). The number of ketones is 1. The molecule has 0 spiro atoms. The number of allylic oxidation sites excluding steroid dienone is 1. The van der Waals surface area contributed by atoms with Crippen molar-refractivity contribution in [3.8, 4) is 0 Å². The fourth-order valence-corrected chi connectivity index (χ4v) is 6.33. The lowest BCUT2D eigenvalue weighted by Gasteiger charge is -2.39. The van der Waals surface area contributed by atoms with E-state index in [0.717, 1.165) is 30.6 Å². The molecule has 2 heterocycles. The van der Waals surface area contributed by atoms with Crippen LogP contribution in [0.15, 0.2) is 36.4 Å². The lowest BCUT2D eigenvalue weighted by Crippen LogP contribution is -2.45.